The zero-order valence-corrected chi connectivity index (χ0v) is 13.3. The predicted molar refractivity (Wildman–Crippen MR) is 86.9 cm³/mol. The first kappa shape index (κ1) is 16.0. The van der Waals surface area contributed by atoms with Gasteiger partial charge in [-0.1, -0.05) is 25.7 Å². The first-order valence-corrected chi connectivity index (χ1v) is 8.23. The normalized spacial score (nSPS) is 16.9. The zero-order chi connectivity index (χ0) is 15.1. The van der Waals surface area contributed by atoms with Crippen molar-refractivity contribution in [3.63, 3.8) is 0 Å². The molecule has 0 radical (unpaired) electrons. The van der Waals surface area contributed by atoms with E-state index in [2.05, 4.69) is 15.6 Å². The van der Waals surface area contributed by atoms with Gasteiger partial charge >= 0.3 is 0 Å². The minimum atomic E-state index is -0.0398. The average molecular weight is 292 g/mol. The Labute approximate surface area is 127 Å². The molecular weight excluding hydrogens is 264 g/mol. The van der Waals surface area contributed by atoms with E-state index in [9.17, 15) is 4.79 Å². The van der Waals surface area contributed by atoms with Crippen LogP contribution in [0.3, 0.4) is 0 Å². The van der Waals surface area contributed by atoms with E-state index in [4.69, 9.17) is 0 Å². The van der Waals surface area contributed by atoms with Crippen molar-refractivity contribution in [2.45, 2.75) is 64.5 Å². The largest absolute Gasteiger partial charge is 0.364 e. The second-order valence-electron chi connectivity index (χ2n) is 6.15. The van der Waals surface area contributed by atoms with Crippen LogP contribution < -0.4 is 16.2 Å². The van der Waals surface area contributed by atoms with Crippen LogP contribution in [0.25, 0.3) is 0 Å². The van der Waals surface area contributed by atoms with Crippen LogP contribution in [0.2, 0.25) is 0 Å². The summed E-state index contributed by atoms with van der Waals surface area (Å²) >= 11 is 0. The van der Waals surface area contributed by atoms with Gasteiger partial charge in [-0.05, 0) is 26.7 Å². The Morgan fingerprint density at radius 2 is 1.95 bits per heavy atom. The topological polar surface area (TPSA) is 59.0 Å². The molecule has 1 heterocycles. The molecule has 1 aliphatic rings. The van der Waals surface area contributed by atoms with Crippen LogP contribution in [-0.4, -0.2) is 28.7 Å². The highest BCUT2D eigenvalue weighted by molar-refractivity contribution is 5.30. The summed E-state index contributed by atoms with van der Waals surface area (Å²) in [6.07, 6.45) is 11.4. The highest BCUT2D eigenvalue weighted by Crippen LogP contribution is 2.16. The minimum Gasteiger partial charge on any atom is -0.364 e. The Hall–Kier alpha value is -1.36. The van der Waals surface area contributed by atoms with Crippen molar-refractivity contribution in [3.8, 4) is 0 Å². The van der Waals surface area contributed by atoms with Gasteiger partial charge in [0.25, 0.3) is 5.56 Å². The number of aromatic nitrogens is 2. The van der Waals surface area contributed by atoms with Gasteiger partial charge in [0.2, 0.25) is 0 Å². The van der Waals surface area contributed by atoms with E-state index in [0.29, 0.717) is 11.9 Å². The minimum absolute atomic E-state index is 0.0398. The van der Waals surface area contributed by atoms with E-state index in [1.807, 2.05) is 13.8 Å². The van der Waals surface area contributed by atoms with Crippen LogP contribution in [-0.2, 0) is 0 Å². The number of anilines is 1. The summed E-state index contributed by atoms with van der Waals surface area (Å²) in [6.45, 7) is 5.61. The standard InChI is InChI=1S/C16H28N4O/c1-13(2)20-12-11-19-15(16(20)21)18-10-9-17-14-7-5-3-4-6-8-14/h11-14,17H,3-10H2,1-2H3,(H,18,19). The van der Waals surface area contributed by atoms with Gasteiger partial charge in [0.05, 0.1) is 0 Å². The quantitative estimate of drug-likeness (QED) is 0.625. The van der Waals surface area contributed by atoms with Gasteiger partial charge in [0.1, 0.15) is 0 Å². The van der Waals surface area contributed by atoms with E-state index in [1.54, 1.807) is 17.0 Å². The van der Waals surface area contributed by atoms with Crippen molar-refractivity contribution in [1.29, 1.82) is 0 Å². The molecule has 1 saturated carbocycles. The lowest BCUT2D eigenvalue weighted by atomic mass is 10.1. The molecular formula is C16H28N4O. The number of hydrogen-bond donors (Lipinski definition) is 2. The van der Waals surface area contributed by atoms with E-state index in [1.165, 1.54) is 38.5 Å². The molecule has 2 N–H and O–H groups in total. The van der Waals surface area contributed by atoms with Crippen molar-refractivity contribution in [1.82, 2.24) is 14.9 Å². The number of nitrogens with one attached hydrogen (secondary N) is 2. The van der Waals surface area contributed by atoms with Gasteiger partial charge in [-0.15, -0.1) is 0 Å². The van der Waals surface area contributed by atoms with Crippen LogP contribution in [0.15, 0.2) is 17.2 Å². The monoisotopic (exact) mass is 292 g/mol. The second-order valence-corrected chi connectivity index (χ2v) is 6.15. The molecule has 0 aromatic carbocycles. The van der Waals surface area contributed by atoms with E-state index < -0.39 is 0 Å². The highest BCUT2D eigenvalue weighted by Gasteiger charge is 2.11. The summed E-state index contributed by atoms with van der Waals surface area (Å²) in [7, 11) is 0. The fourth-order valence-electron chi connectivity index (χ4n) is 2.89. The molecule has 21 heavy (non-hydrogen) atoms. The molecule has 0 aliphatic heterocycles. The van der Waals surface area contributed by atoms with Crippen LogP contribution in [0, 0.1) is 0 Å². The lowest BCUT2D eigenvalue weighted by molar-refractivity contribution is 0.468. The summed E-state index contributed by atoms with van der Waals surface area (Å²) in [5.74, 6) is 0.453. The predicted octanol–water partition coefficient (Wildman–Crippen LogP) is 2.55. The molecule has 1 aromatic heterocycles. The Balaban J connectivity index is 1.78. The van der Waals surface area contributed by atoms with Crippen molar-refractivity contribution in [2.75, 3.05) is 18.4 Å². The fourth-order valence-corrected chi connectivity index (χ4v) is 2.89. The maximum atomic E-state index is 12.2. The number of hydrogen-bond acceptors (Lipinski definition) is 4. The van der Waals surface area contributed by atoms with Gasteiger partial charge in [-0.2, -0.15) is 0 Å². The molecule has 1 aliphatic carbocycles. The van der Waals surface area contributed by atoms with Crippen LogP contribution >= 0.6 is 0 Å². The maximum absolute atomic E-state index is 12.2. The summed E-state index contributed by atoms with van der Waals surface area (Å²) in [4.78, 5) is 16.3. The third-order valence-corrected chi connectivity index (χ3v) is 4.13. The van der Waals surface area contributed by atoms with E-state index >= 15 is 0 Å². The summed E-state index contributed by atoms with van der Waals surface area (Å²) in [5, 5.41) is 6.75. The Morgan fingerprint density at radius 1 is 1.24 bits per heavy atom. The van der Waals surface area contributed by atoms with Crippen molar-refractivity contribution < 1.29 is 0 Å². The van der Waals surface area contributed by atoms with Gasteiger partial charge in [-0.25, -0.2) is 4.98 Å². The summed E-state index contributed by atoms with van der Waals surface area (Å²) in [5.41, 5.74) is -0.0398. The van der Waals surface area contributed by atoms with Gasteiger partial charge in [0, 0.05) is 37.6 Å². The average Bonchev–Trinajstić information content (AvgIpc) is 2.73. The maximum Gasteiger partial charge on any atom is 0.293 e. The first-order valence-electron chi connectivity index (χ1n) is 8.23. The van der Waals surface area contributed by atoms with Crippen LogP contribution in [0.5, 0.6) is 0 Å². The lowest BCUT2D eigenvalue weighted by Crippen LogP contribution is -2.34. The third-order valence-electron chi connectivity index (χ3n) is 4.13. The molecule has 1 fully saturated rings. The third kappa shape index (κ3) is 4.84. The number of rotatable bonds is 6. The van der Waals surface area contributed by atoms with Crippen molar-refractivity contribution in [3.05, 3.63) is 22.7 Å². The Morgan fingerprint density at radius 3 is 2.62 bits per heavy atom. The fraction of sp³-hybridized carbons (Fsp3) is 0.750. The van der Waals surface area contributed by atoms with Crippen LogP contribution in [0.1, 0.15) is 58.4 Å². The SMILES string of the molecule is CC(C)n1ccnc(NCCNC2CCCCCC2)c1=O. The molecule has 0 unspecified atom stereocenters. The molecule has 0 saturated heterocycles. The van der Waals surface area contributed by atoms with Gasteiger partial charge < -0.3 is 15.2 Å². The molecule has 0 bridgehead atoms. The molecule has 5 heteroatoms. The van der Waals surface area contributed by atoms with Gasteiger partial charge in [-0.3, -0.25) is 4.79 Å². The van der Waals surface area contributed by atoms with Crippen molar-refractivity contribution in [2.24, 2.45) is 0 Å². The lowest BCUT2D eigenvalue weighted by Gasteiger charge is -2.16. The smallest absolute Gasteiger partial charge is 0.293 e. The summed E-state index contributed by atoms with van der Waals surface area (Å²) < 4.78 is 1.70. The zero-order valence-electron chi connectivity index (χ0n) is 13.3. The summed E-state index contributed by atoms with van der Waals surface area (Å²) in [6, 6.07) is 0.801. The number of nitrogens with zero attached hydrogens (tertiary/aromatic N) is 2. The Bertz CT molecular complexity index is 475. The molecule has 1 aromatic rings. The molecule has 118 valence electrons. The molecule has 0 atom stereocenters. The van der Waals surface area contributed by atoms with Crippen molar-refractivity contribution >= 4 is 5.82 Å². The molecule has 0 amide bonds. The van der Waals surface area contributed by atoms with Gasteiger partial charge in [0.15, 0.2) is 5.82 Å². The molecule has 5 nitrogen and oxygen atoms in total. The molecule has 0 spiro atoms. The molecule has 2 rings (SSSR count). The van der Waals surface area contributed by atoms with Crippen LogP contribution in [0.4, 0.5) is 5.82 Å². The first-order chi connectivity index (χ1) is 10.2. The Kier molecular flexibility index (Phi) is 6.23. The van der Waals surface area contributed by atoms with E-state index in [-0.39, 0.29) is 11.6 Å². The van der Waals surface area contributed by atoms with E-state index in [0.717, 1.165) is 13.1 Å². The highest BCUT2D eigenvalue weighted by atomic mass is 16.1. The second kappa shape index (κ2) is 8.17.